The topological polar surface area (TPSA) is 62.3 Å². The Balaban J connectivity index is 1.61. The first kappa shape index (κ1) is 18.7. The molecule has 0 bridgehead atoms. The largest absolute Gasteiger partial charge is 0.367 e. The molecule has 2 heterocycles. The summed E-state index contributed by atoms with van der Waals surface area (Å²) in [7, 11) is -3.41. The van der Waals surface area contributed by atoms with Crippen LogP contribution in [-0.4, -0.2) is 31.7 Å². The van der Waals surface area contributed by atoms with E-state index in [0.717, 1.165) is 24.2 Å². The average molecular weight is 374 g/mol. The monoisotopic (exact) mass is 373 g/mol. The van der Waals surface area contributed by atoms with Crippen LogP contribution in [0.5, 0.6) is 0 Å². The van der Waals surface area contributed by atoms with Crippen LogP contribution in [-0.2, 0) is 16.4 Å². The molecule has 140 valence electrons. The van der Waals surface area contributed by atoms with E-state index in [1.165, 1.54) is 19.3 Å². The molecule has 1 N–H and O–H groups in total. The number of benzene rings is 1. The van der Waals surface area contributed by atoms with Gasteiger partial charge in [0, 0.05) is 12.6 Å². The van der Waals surface area contributed by atoms with Crippen molar-refractivity contribution < 1.29 is 8.42 Å². The van der Waals surface area contributed by atoms with E-state index in [9.17, 15) is 8.42 Å². The highest BCUT2D eigenvalue weighted by molar-refractivity contribution is 7.92. The van der Waals surface area contributed by atoms with Gasteiger partial charge in [0.15, 0.2) is 0 Å². The molecule has 1 saturated heterocycles. The van der Waals surface area contributed by atoms with E-state index in [2.05, 4.69) is 21.5 Å². The summed E-state index contributed by atoms with van der Waals surface area (Å²) >= 11 is 0. The fourth-order valence-corrected chi connectivity index (χ4v) is 4.53. The van der Waals surface area contributed by atoms with Crippen molar-refractivity contribution in [2.24, 2.45) is 0 Å². The molecular formula is C20H27N3O2S. The summed E-state index contributed by atoms with van der Waals surface area (Å²) < 4.78 is 27.2. The number of hydrogen-bond donors (Lipinski definition) is 1. The molecule has 2 aromatic rings. The number of piperidine rings is 1. The third-order valence-corrected chi connectivity index (χ3v) is 6.20. The third-order valence-electron chi connectivity index (χ3n) is 4.94. The molecule has 0 amide bonds. The summed E-state index contributed by atoms with van der Waals surface area (Å²) in [5.41, 5.74) is 2.08. The Morgan fingerprint density at radius 2 is 1.96 bits per heavy atom. The summed E-state index contributed by atoms with van der Waals surface area (Å²) in [5.74, 6) is 0.427. The Kier molecular flexibility index (Phi) is 6.14. The summed E-state index contributed by atoms with van der Waals surface area (Å²) in [4.78, 5) is 6.72. The first-order chi connectivity index (χ1) is 12.6. The average Bonchev–Trinajstić information content (AvgIpc) is 2.68. The lowest BCUT2D eigenvalue weighted by atomic mass is 9.99. The molecule has 1 aliphatic heterocycles. The second-order valence-electron chi connectivity index (χ2n) is 6.81. The Morgan fingerprint density at radius 1 is 1.15 bits per heavy atom. The van der Waals surface area contributed by atoms with Gasteiger partial charge in [-0.25, -0.2) is 13.4 Å². The Bertz CT molecular complexity index is 792. The van der Waals surface area contributed by atoms with E-state index in [-0.39, 0.29) is 5.75 Å². The first-order valence-corrected chi connectivity index (χ1v) is 11.0. The van der Waals surface area contributed by atoms with Crippen LogP contribution in [0.15, 0.2) is 48.7 Å². The third kappa shape index (κ3) is 4.97. The molecule has 1 aromatic heterocycles. The number of aryl methyl sites for hydroxylation is 1. The molecule has 26 heavy (non-hydrogen) atoms. The number of rotatable bonds is 7. The predicted octanol–water partition coefficient (Wildman–Crippen LogP) is 3.83. The number of nitrogens with one attached hydrogen (secondary N) is 1. The van der Waals surface area contributed by atoms with Gasteiger partial charge in [0.05, 0.1) is 17.6 Å². The Hall–Kier alpha value is -2.08. The van der Waals surface area contributed by atoms with Gasteiger partial charge in [-0.1, -0.05) is 37.3 Å². The van der Waals surface area contributed by atoms with E-state index < -0.39 is 10.0 Å². The van der Waals surface area contributed by atoms with E-state index in [1.54, 1.807) is 12.3 Å². The second kappa shape index (κ2) is 8.54. The van der Waals surface area contributed by atoms with Gasteiger partial charge in [-0.2, -0.15) is 0 Å². The molecule has 1 aliphatic rings. The SMILES string of the molecule is CCC1CCCCN1c1ccc(NS(=O)(=O)CCc2ccccc2)nc1. The van der Waals surface area contributed by atoms with E-state index >= 15 is 0 Å². The van der Waals surface area contributed by atoms with E-state index in [0.29, 0.717) is 18.3 Å². The second-order valence-corrected chi connectivity index (χ2v) is 8.65. The van der Waals surface area contributed by atoms with Crippen molar-refractivity contribution >= 4 is 21.5 Å². The number of aromatic nitrogens is 1. The van der Waals surface area contributed by atoms with Gasteiger partial charge < -0.3 is 4.90 Å². The predicted molar refractivity (Wildman–Crippen MR) is 107 cm³/mol. The number of sulfonamides is 1. The van der Waals surface area contributed by atoms with Crippen LogP contribution in [0.3, 0.4) is 0 Å². The summed E-state index contributed by atoms with van der Waals surface area (Å²) in [6, 6.07) is 13.9. The number of hydrogen-bond acceptors (Lipinski definition) is 4. The molecular weight excluding hydrogens is 346 g/mol. The maximum absolute atomic E-state index is 12.3. The van der Waals surface area contributed by atoms with Crippen LogP contribution >= 0.6 is 0 Å². The zero-order chi connectivity index (χ0) is 18.4. The van der Waals surface area contributed by atoms with Gasteiger partial charge in [0.1, 0.15) is 5.82 Å². The van der Waals surface area contributed by atoms with Crippen molar-refractivity contribution in [3.8, 4) is 0 Å². The van der Waals surface area contributed by atoms with Gasteiger partial charge >= 0.3 is 0 Å². The highest BCUT2D eigenvalue weighted by atomic mass is 32.2. The van der Waals surface area contributed by atoms with Crippen molar-refractivity contribution in [3.63, 3.8) is 0 Å². The van der Waals surface area contributed by atoms with E-state index in [4.69, 9.17) is 0 Å². The van der Waals surface area contributed by atoms with Gasteiger partial charge in [-0.05, 0) is 49.8 Å². The Labute approximate surface area is 156 Å². The van der Waals surface area contributed by atoms with Crippen LogP contribution < -0.4 is 9.62 Å². The number of nitrogens with zero attached hydrogens (tertiary/aromatic N) is 2. The van der Waals surface area contributed by atoms with Crippen molar-refractivity contribution in [1.29, 1.82) is 0 Å². The van der Waals surface area contributed by atoms with Crippen molar-refractivity contribution in [2.45, 2.75) is 45.1 Å². The molecule has 0 saturated carbocycles. The van der Waals surface area contributed by atoms with Crippen LogP contribution in [0, 0.1) is 0 Å². The highest BCUT2D eigenvalue weighted by Gasteiger charge is 2.21. The molecule has 5 nitrogen and oxygen atoms in total. The fraction of sp³-hybridized carbons (Fsp3) is 0.450. The summed E-state index contributed by atoms with van der Waals surface area (Å²) in [6.07, 6.45) is 7.08. The molecule has 0 aliphatic carbocycles. The lowest BCUT2D eigenvalue weighted by Gasteiger charge is -2.37. The molecule has 1 atom stereocenters. The lowest BCUT2D eigenvalue weighted by molar-refractivity contribution is 0.449. The van der Waals surface area contributed by atoms with Gasteiger partial charge in [-0.15, -0.1) is 0 Å². The van der Waals surface area contributed by atoms with Gasteiger partial charge in [-0.3, -0.25) is 4.72 Å². The van der Waals surface area contributed by atoms with Gasteiger partial charge in [0.25, 0.3) is 0 Å². The molecule has 0 radical (unpaired) electrons. The summed E-state index contributed by atoms with van der Waals surface area (Å²) in [6.45, 7) is 3.26. The zero-order valence-electron chi connectivity index (χ0n) is 15.3. The van der Waals surface area contributed by atoms with Crippen LogP contribution in [0.1, 0.15) is 38.2 Å². The van der Waals surface area contributed by atoms with E-state index in [1.807, 2.05) is 36.4 Å². The van der Waals surface area contributed by atoms with Crippen LogP contribution in [0.4, 0.5) is 11.5 Å². The smallest absolute Gasteiger partial charge is 0.234 e. The molecule has 1 unspecified atom stereocenters. The minimum Gasteiger partial charge on any atom is -0.367 e. The van der Waals surface area contributed by atoms with Crippen LogP contribution in [0.25, 0.3) is 0 Å². The normalized spacial score (nSPS) is 17.9. The summed E-state index contributed by atoms with van der Waals surface area (Å²) in [5, 5.41) is 0. The minimum atomic E-state index is -3.41. The van der Waals surface area contributed by atoms with Gasteiger partial charge in [0.2, 0.25) is 10.0 Å². The fourth-order valence-electron chi connectivity index (χ4n) is 3.49. The highest BCUT2D eigenvalue weighted by Crippen LogP contribution is 2.26. The quantitative estimate of drug-likeness (QED) is 0.801. The van der Waals surface area contributed by atoms with Crippen molar-refractivity contribution in [2.75, 3.05) is 21.9 Å². The number of pyridine rings is 1. The first-order valence-electron chi connectivity index (χ1n) is 9.34. The van der Waals surface area contributed by atoms with Crippen molar-refractivity contribution in [3.05, 3.63) is 54.2 Å². The lowest BCUT2D eigenvalue weighted by Crippen LogP contribution is -2.39. The Morgan fingerprint density at radius 3 is 2.65 bits per heavy atom. The molecule has 0 spiro atoms. The number of anilines is 2. The minimum absolute atomic E-state index is 0.0461. The van der Waals surface area contributed by atoms with Crippen LogP contribution in [0.2, 0.25) is 0 Å². The molecule has 6 heteroatoms. The molecule has 1 fully saturated rings. The standard InChI is InChI=1S/C20H27N3O2S/c1-2-18-10-6-7-14-23(18)19-11-12-20(21-16-19)22-26(24,25)15-13-17-8-4-3-5-9-17/h3-5,8-9,11-12,16,18H,2,6-7,10,13-15H2,1H3,(H,21,22). The zero-order valence-corrected chi connectivity index (χ0v) is 16.1. The molecule has 1 aromatic carbocycles. The molecule has 3 rings (SSSR count). The maximum atomic E-state index is 12.3. The van der Waals surface area contributed by atoms with Crippen molar-refractivity contribution in [1.82, 2.24) is 4.98 Å². The maximum Gasteiger partial charge on any atom is 0.234 e.